The lowest BCUT2D eigenvalue weighted by Gasteiger charge is -2.13. The molecule has 6 heteroatoms. The van der Waals surface area contributed by atoms with Crippen molar-refractivity contribution in [2.24, 2.45) is 10.9 Å². The van der Waals surface area contributed by atoms with E-state index in [9.17, 15) is 4.79 Å². The maximum atomic E-state index is 11.9. The highest BCUT2D eigenvalue weighted by molar-refractivity contribution is 14.0. The van der Waals surface area contributed by atoms with Crippen LogP contribution in [-0.4, -0.2) is 44.5 Å². The maximum Gasteiger partial charge on any atom is 0.253 e. The van der Waals surface area contributed by atoms with Gasteiger partial charge in [0.1, 0.15) is 0 Å². The minimum absolute atomic E-state index is 0. The van der Waals surface area contributed by atoms with E-state index in [1.807, 2.05) is 24.3 Å². The Morgan fingerprint density at radius 1 is 1.04 bits per heavy atom. The zero-order chi connectivity index (χ0) is 19.4. The third-order valence-electron chi connectivity index (χ3n) is 4.29. The van der Waals surface area contributed by atoms with Gasteiger partial charge in [-0.05, 0) is 30.0 Å². The van der Waals surface area contributed by atoms with Gasteiger partial charge in [0, 0.05) is 39.8 Å². The smallest absolute Gasteiger partial charge is 0.253 e. The summed E-state index contributed by atoms with van der Waals surface area (Å²) < 4.78 is 0. The average molecular weight is 488 g/mol. The summed E-state index contributed by atoms with van der Waals surface area (Å²) in [5.74, 6) is 1.65. The summed E-state index contributed by atoms with van der Waals surface area (Å²) in [4.78, 5) is 17.7. The number of rotatable bonds is 10. The van der Waals surface area contributed by atoms with Gasteiger partial charge in [0.15, 0.2) is 5.96 Å². The molecule has 0 aliphatic heterocycles. The molecule has 5 nitrogen and oxygen atoms in total. The molecule has 1 amide bonds. The first-order valence-corrected chi connectivity index (χ1v) is 9.69. The summed E-state index contributed by atoms with van der Waals surface area (Å²) in [6.07, 6.45) is 6.40. The SMILES string of the molecule is CN=C(NCCCCCCC(C)C)NCc1ccc(C(=O)N(C)C)cc1.I. The zero-order valence-electron chi connectivity index (χ0n) is 17.5. The van der Waals surface area contributed by atoms with E-state index in [2.05, 4.69) is 29.5 Å². The Morgan fingerprint density at radius 3 is 2.22 bits per heavy atom. The molecular formula is C21H37IN4O. The van der Waals surface area contributed by atoms with Gasteiger partial charge < -0.3 is 15.5 Å². The predicted octanol–water partition coefficient (Wildman–Crippen LogP) is 4.28. The van der Waals surface area contributed by atoms with Gasteiger partial charge in [0.2, 0.25) is 0 Å². The molecule has 154 valence electrons. The van der Waals surface area contributed by atoms with Crippen LogP contribution in [0.4, 0.5) is 0 Å². The molecule has 0 heterocycles. The third kappa shape index (κ3) is 11.2. The van der Waals surface area contributed by atoms with Crippen LogP contribution >= 0.6 is 24.0 Å². The summed E-state index contributed by atoms with van der Waals surface area (Å²) in [6.45, 7) is 6.19. The Hall–Kier alpha value is -1.31. The van der Waals surface area contributed by atoms with Crippen molar-refractivity contribution in [2.75, 3.05) is 27.7 Å². The number of carbonyl (C=O) groups is 1. The number of nitrogens with zero attached hydrogens (tertiary/aromatic N) is 2. The first-order chi connectivity index (χ1) is 12.4. The van der Waals surface area contributed by atoms with E-state index in [1.165, 1.54) is 32.1 Å². The minimum Gasteiger partial charge on any atom is -0.356 e. The second kappa shape index (κ2) is 14.7. The number of guanidine groups is 1. The molecule has 0 unspecified atom stereocenters. The lowest BCUT2D eigenvalue weighted by Crippen LogP contribution is -2.37. The highest BCUT2D eigenvalue weighted by Gasteiger charge is 2.07. The van der Waals surface area contributed by atoms with E-state index in [4.69, 9.17) is 0 Å². The normalized spacial score (nSPS) is 11.1. The molecule has 0 aromatic heterocycles. The monoisotopic (exact) mass is 488 g/mol. The van der Waals surface area contributed by atoms with Crippen LogP contribution in [0.3, 0.4) is 0 Å². The van der Waals surface area contributed by atoms with Crippen molar-refractivity contribution in [3.8, 4) is 0 Å². The quantitative estimate of drug-likeness (QED) is 0.224. The molecule has 0 atom stereocenters. The van der Waals surface area contributed by atoms with E-state index >= 15 is 0 Å². The number of nitrogens with one attached hydrogen (secondary N) is 2. The highest BCUT2D eigenvalue weighted by atomic mass is 127. The van der Waals surface area contributed by atoms with Crippen LogP contribution in [-0.2, 0) is 6.54 Å². The van der Waals surface area contributed by atoms with Crippen LogP contribution < -0.4 is 10.6 Å². The minimum atomic E-state index is 0. The number of benzene rings is 1. The molecule has 27 heavy (non-hydrogen) atoms. The standard InChI is InChI=1S/C21H36N4O.HI/c1-17(2)10-8-6-7-9-15-23-21(22-3)24-16-18-11-13-19(14-12-18)20(26)25(4)5;/h11-14,17H,6-10,15-16H2,1-5H3,(H2,22,23,24);1H. The van der Waals surface area contributed by atoms with Crippen molar-refractivity contribution in [3.63, 3.8) is 0 Å². The molecule has 0 saturated carbocycles. The number of hydrogen-bond donors (Lipinski definition) is 2. The van der Waals surface area contributed by atoms with Crippen molar-refractivity contribution in [1.82, 2.24) is 15.5 Å². The topological polar surface area (TPSA) is 56.7 Å². The number of unbranched alkanes of at least 4 members (excludes halogenated alkanes) is 3. The van der Waals surface area contributed by atoms with Gasteiger partial charge in [-0.1, -0.05) is 51.7 Å². The summed E-state index contributed by atoms with van der Waals surface area (Å²) in [5.41, 5.74) is 1.83. The van der Waals surface area contributed by atoms with Crippen molar-refractivity contribution < 1.29 is 4.79 Å². The fourth-order valence-corrected chi connectivity index (χ4v) is 2.67. The zero-order valence-corrected chi connectivity index (χ0v) is 19.9. The van der Waals surface area contributed by atoms with Crippen molar-refractivity contribution in [1.29, 1.82) is 0 Å². The molecule has 0 saturated heterocycles. The average Bonchev–Trinajstić information content (AvgIpc) is 2.62. The fourth-order valence-electron chi connectivity index (χ4n) is 2.67. The second-order valence-corrected chi connectivity index (χ2v) is 7.35. The molecule has 1 aromatic carbocycles. The van der Waals surface area contributed by atoms with Crippen molar-refractivity contribution in [3.05, 3.63) is 35.4 Å². The number of amides is 1. The molecule has 0 aliphatic carbocycles. The number of carbonyl (C=O) groups excluding carboxylic acids is 1. The summed E-state index contributed by atoms with van der Waals surface area (Å²) in [7, 11) is 5.31. The number of hydrogen-bond acceptors (Lipinski definition) is 2. The summed E-state index contributed by atoms with van der Waals surface area (Å²) in [6, 6.07) is 7.69. The number of aliphatic imine (C=N–C) groups is 1. The predicted molar refractivity (Wildman–Crippen MR) is 126 cm³/mol. The van der Waals surface area contributed by atoms with Gasteiger partial charge in [-0.15, -0.1) is 24.0 Å². The Kier molecular flexibility index (Phi) is 14.0. The van der Waals surface area contributed by atoms with E-state index in [1.54, 1.807) is 26.0 Å². The lowest BCUT2D eigenvalue weighted by atomic mass is 10.0. The fraction of sp³-hybridized carbons (Fsp3) is 0.619. The van der Waals surface area contributed by atoms with E-state index in [0.717, 1.165) is 24.0 Å². The van der Waals surface area contributed by atoms with Crippen LogP contribution in [0, 0.1) is 5.92 Å². The summed E-state index contributed by atoms with van der Waals surface area (Å²) >= 11 is 0. The third-order valence-corrected chi connectivity index (χ3v) is 4.29. The molecule has 2 N–H and O–H groups in total. The van der Waals surface area contributed by atoms with Crippen LogP contribution in [0.5, 0.6) is 0 Å². The van der Waals surface area contributed by atoms with Gasteiger partial charge in [-0.2, -0.15) is 0 Å². The van der Waals surface area contributed by atoms with Gasteiger partial charge in [0.25, 0.3) is 5.91 Å². The molecule has 0 spiro atoms. The molecule has 0 aliphatic rings. The highest BCUT2D eigenvalue weighted by Crippen LogP contribution is 2.09. The van der Waals surface area contributed by atoms with Crippen molar-refractivity contribution >= 4 is 35.8 Å². The number of halogens is 1. The maximum absolute atomic E-state index is 11.9. The molecular weight excluding hydrogens is 451 g/mol. The molecule has 0 radical (unpaired) electrons. The van der Waals surface area contributed by atoms with Gasteiger partial charge in [0.05, 0.1) is 0 Å². The first-order valence-electron chi connectivity index (χ1n) is 9.69. The molecule has 1 aromatic rings. The first kappa shape index (κ1) is 25.7. The Bertz CT molecular complexity index is 556. The molecule has 0 fully saturated rings. The molecule has 0 bridgehead atoms. The van der Waals surface area contributed by atoms with Gasteiger partial charge >= 0.3 is 0 Å². The Labute approximate surface area is 182 Å². The van der Waals surface area contributed by atoms with Gasteiger partial charge in [-0.25, -0.2) is 0 Å². The van der Waals surface area contributed by atoms with Crippen LogP contribution in [0.1, 0.15) is 61.9 Å². The van der Waals surface area contributed by atoms with Crippen LogP contribution in [0.2, 0.25) is 0 Å². The van der Waals surface area contributed by atoms with Crippen molar-refractivity contribution in [2.45, 2.75) is 52.5 Å². The Balaban J connectivity index is 0.00000676. The molecule has 1 rings (SSSR count). The van der Waals surface area contributed by atoms with E-state index in [-0.39, 0.29) is 29.9 Å². The van der Waals surface area contributed by atoms with Gasteiger partial charge in [-0.3, -0.25) is 9.79 Å². The largest absolute Gasteiger partial charge is 0.356 e. The lowest BCUT2D eigenvalue weighted by molar-refractivity contribution is 0.0827. The second-order valence-electron chi connectivity index (χ2n) is 7.35. The van der Waals surface area contributed by atoms with E-state index in [0.29, 0.717) is 12.1 Å². The Morgan fingerprint density at radius 2 is 1.67 bits per heavy atom. The van der Waals surface area contributed by atoms with E-state index < -0.39 is 0 Å². The van der Waals surface area contributed by atoms with Crippen LogP contribution in [0.15, 0.2) is 29.3 Å². The van der Waals surface area contributed by atoms with Crippen LogP contribution in [0.25, 0.3) is 0 Å². The summed E-state index contributed by atoms with van der Waals surface area (Å²) in [5, 5.41) is 6.68.